The van der Waals surface area contributed by atoms with Crippen LogP contribution in [-0.4, -0.2) is 29.1 Å². The van der Waals surface area contributed by atoms with Gasteiger partial charge < -0.3 is 9.84 Å². The second-order valence-corrected chi connectivity index (χ2v) is 6.45. The van der Waals surface area contributed by atoms with E-state index in [9.17, 15) is 9.90 Å². The Morgan fingerprint density at radius 1 is 1.36 bits per heavy atom. The fourth-order valence-electron chi connectivity index (χ4n) is 2.74. The number of benzene rings is 1. The lowest BCUT2D eigenvalue weighted by atomic mass is 10.1. The molecule has 22 heavy (non-hydrogen) atoms. The Morgan fingerprint density at radius 3 is 2.86 bits per heavy atom. The quantitative estimate of drug-likeness (QED) is 0.880. The number of aromatic hydroxyl groups is 1. The van der Waals surface area contributed by atoms with Gasteiger partial charge in [0.05, 0.1) is 6.61 Å². The van der Waals surface area contributed by atoms with Crippen molar-refractivity contribution in [3.8, 4) is 5.75 Å². The summed E-state index contributed by atoms with van der Waals surface area (Å²) >= 11 is 1.37. The Kier molecular flexibility index (Phi) is 4.45. The maximum Gasteiger partial charge on any atom is 0.352 e. The van der Waals surface area contributed by atoms with Gasteiger partial charge in [-0.25, -0.2) is 4.79 Å². The summed E-state index contributed by atoms with van der Waals surface area (Å²) in [5.74, 6) is -0.315. The minimum atomic E-state index is -0.422. The molecule has 1 aliphatic rings. The van der Waals surface area contributed by atoms with E-state index < -0.39 is 5.97 Å². The fraction of sp³-hybridized carbons (Fsp3) is 0.353. The summed E-state index contributed by atoms with van der Waals surface area (Å²) in [6, 6.07) is 10.3. The second-order valence-electron chi connectivity index (χ2n) is 5.35. The summed E-state index contributed by atoms with van der Waals surface area (Å²) in [6.07, 6.45) is 0.861. The van der Waals surface area contributed by atoms with Crippen LogP contribution in [0, 0.1) is 0 Å². The maximum atomic E-state index is 11.9. The number of thiophene rings is 1. The molecule has 0 unspecified atom stereocenters. The molecule has 0 bridgehead atoms. The standard InChI is InChI=1S/C17H19NO3S/c1-2-21-17(20)16-15(19)13-11-18(9-8-14(13)22-16)10-12-6-4-3-5-7-12/h3-7,19H,2,8-11H2,1H3. The molecule has 1 aromatic carbocycles. The molecule has 5 heteroatoms. The highest BCUT2D eigenvalue weighted by molar-refractivity contribution is 7.14. The zero-order chi connectivity index (χ0) is 15.5. The van der Waals surface area contributed by atoms with Gasteiger partial charge in [0.25, 0.3) is 0 Å². The average molecular weight is 317 g/mol. The van der Waals surface area contributed by atoms with Gasteiger partial charge in [-0.15, -0.1) is 11.3 Å². The van der Waals surface area contributed by atoms with Crippen LogP contribution >= 0.6 is 11.3 Å². The zero-order valence-corrected chi connectivity index (χ0v) is 13.4. The first-order chi connectivity index (χ1) is 10.7. The van der Waals surface area contributed by atoms with E-state index in [0.717, 1.165) is 30.0 Å². The van der Waals surface area contributed by atoms with E-state index >= 15 is 0 Å². The Morgan fingerprint density at radius 2 is 2.14 bits per heavy atom. The molecule has 2 aromatic rings. The Balaban J connectivity index is 1.76. The fourth-order valence-corrected chi connectivity index (χ4v) is 3.83. The number of carbonyl (C=O) groups excluding carboxylic acids is 1. The normalized spacial score (nSPS) is 14.6. The summed E-state index contributed by atoms with van der Waals surface area (Å²) < 4.78 is 5.01. The number of ether oxygens (including phenoxy) is 1. The van der Waals surface area contributed by atoms with Crippen LogP contribution in [0.4, 0.5) is 0 Å². The van der Waals surface area contributed by atoms with E-state index in [-0.39, 0.29) is 5.75 Å². The van der Waals surface area contributed by atoms with Crippen molar-refractivity contribution in [2.75, 3.05) is 13.2 Å². The van der Waals surface area contributed by atoms with Gasteiger partial charge in [0.2, 0.25) is 0 Å². The SMILES string of the molecule is CCOC(=O)c1sc2c(c1O)CN(Cc1ccccc1)CC2. The van der Waals surface area contributed by atoms with Crippen molar-refractivity contribution in [2.45, 2.75) is 26.4 Å². The second kappa shape index (κ2) is 6.50. The van der Waals surface area contributed by atoms with E-state index in [0.29, 0.717) is 18.0 Å². The minimum absolute atomic E-state index is 0.108. The van der Waals surface area contributed by atoms with E-state index in [1.165, 1.54) is 16.9 Å². The van der Waals surface area contributed by atoms with Crippen LogP contribution in [0.25, 0.3) is 0 Å². The monoisotopic (exact) mass is 317 g/mol. The molecule has 1 N–H and O–H groups in total. The van der Waals surface area contributed by atoms with Crippen LogP contribution in [0.3, 0.4) is 0 Å². The third kappa shape index (κ3) is 3.00. The van der Waals surface area contributed by atoms with Crippen LogP contribution < -0.4 is 0 Å². The van der Waals surface area contributed by atoms with E-state index in [1.807, 2.05) is 18.2 Å². The van der Waals surface area contributed by atoms with Crippen molar-refractivity contribution in [3.05, 3.63) is 51.2 Å². The highest BCUT2D eigenvalue weighted by Gasteiger charge is 2.27. The molecular formula is C17H19NO3S. The predicted octanol–water partition coefficient (Wildman–Crippen LogP) is 3.19. The molecule has 1 aromatic heterocycles. The molecule has 0 amide bonds. The van der Waals surface area contributed by atoms with Crippen molar-refractivity contribution < 1.29 is 14.6 Å². The average Bonchev–Trinajstić information content (AvgIpc) is 2.86. The van der Waals surface area contributed by atoms with Crippen LogP contribution in [-0.2, 0) is 24.2 Å². The summed E-state index contributed by atoms with van der Waals surface area (Å²) in [7, 11) is 0. The molecule has 0 spiro atoms. The number of rotatable bonds is 4. The van der Waals surface area contributed by atoms with Gasteiger partial charge in [-0.05, 0) is 18.9 Å². The number of fused-ring (bicyclic) bond motifs is 1. The first kappa shape index (κ1) is 15.1. The van der Waals surface area contributed by atoms with Gasteiger partial charge in [0.15, 0.2) is 4.88 Å². The molecule has 0 fully saturated rings. The van der Waals surface area contributed by atoms with E-state index in [2.05, 4.69) is 17.0 Å². The summed E-state index contributed by atoms with van der Waals surface area (Å²) in [5, 5.41) is 10.3. The number of carbonyl (C=O) groups is 1. The molecule has 0 atom stereocenters. The third-order valence-corrected chi connectivity index (χ3v) is 5.07. The lowest BCUT2D eigenvalue weighted by Gasteiger charge is -2.26. The lowest BCUT2D eigenvalue weighted by Crippen LogP contribution is -2.29. The van der Waals surface area contributed by atoms with Crippen molar-refractivity contribution in [1.29, 1.82) is 0 Å². The van der Waals surface area contributed by atoms with E-state index in [4.69, 9.17) is 4.74 Å². The highest BCUT2D eigenvalue weighted by Crippen LogP contribution is 2.38. The van der Waals surface area contributed by atoms with Crippen molar-refractivity contribution in [3.63, 3.8) is 0 Å². The summed E-state index contributed by atoms with van der Waals surface area (Å²) in [4.78, 5) is 15.6. The first-order valence-electron chi connectivity index (χ1n) is 7.46. The Hall–Kier alpha value is -1.85. The van der Waals surface area contributed by atoms with Gasteiger partial charge >= 0.3 is 5.97 Å². The molecule has 1 aliphatic heterocycles. The zero-order valence-electron chi connectivity index (χ0n) is 12.5. The van der Waals surface area contributed by atoms with Gasteiger partial charge in [-0.2, -0.15) is 0 Å². The largest absolute Gasteiger partial charge is 0.506 e. The number of nitrogens with zero attached hydrogens (tertiary/aromatic N) is 1. The summed E-state index contributed by atoms with van der Waals surface area (Å²) in [6.45, 7) is 4.55. The summed E-state index contributed by atoms with van der Waals surface area (Å²) in [5.41, 5.74) is 2.14. The lowest BCUT2D eigenvalue weighted by molar-refractivity contribution is 0.0529. The van der Waals surface area contributed by atoms with Crippen LogP contribution in [0.1, 0.15) is 32.6 Å². The number of hydrogen-bond acceptors (Lipinski definition) is 5. The number of hydrogen-bond donors (Lipinski definition) is 1. The number of esters is 1. The van der Waals surface area contributed by atoms with Crippen LogP contribution in [0.2, 0.25) is 0 Å². The van der Waals surface area contributed by atoms with Crippen LogP contribution in [0.15, 0.2) is 30.3 Å². The molecule has 3 rings (SSSR count). The van der Waals surface area contributed by atoms with Gasteiger partial charge in [0.1, 0.15) is 5.75 Å². The molecule has 2 heterocycles. The van der Waals surface area contributed by atoms with Crippen molar-refractivity contribution in [1.82, 2.24) is 4.90 Å². The van der Waals surface area contributed by atoms with Crippen molar-refractivity contribution in [2.24, 2.45) is 0 Å². The van der Waals surface area contributed by atoms with Gasteiger partial charge in [0, 0.05) is 30.1 Å². The molecule has 116 valence electrons. The Labute approximate surface area is 134 Å². The molecular weight excluding hydrogens is 298 g/mol. The minimum Gasteiger partial charge on any atom is -0.506 e. The smallest absolute Gasteiger partial charge is 0.352 e. The molecule has 0 radical (unpaired) electrons. The Bertz CT molecular complexity index is 666. The maximum absolute atomic E-state index is 11.9. The van der Waals surface area contributed by atoms with Gasteiger partial charge in [-0.3, -0.25) is 4.90 Å². The van der Waals surface area contributed by atoms with Crippen molar-refractivity contribution >= 4 is 17.3 Å². The van der Waals surface area contributed by atoms with Gasteiger partial charge in [-0.1, -0.05) is 30.3 Å². The molecule has 0 saturated heterocycles. The predicted molar refractivity (Wildman–Crippen MR) is 86.2 cm³/mol. The topological polar surface area (TPSA) is 49.8 Å². The third-order valence-electron chi connectivity index (χ3n) is 3.81. The molecule has 0 aliphatic carbocycles. The highest BCUT2D eigenvalue weighted by atomic mass is 32.1. The van der Waals surface area contributed by atoms with Crippen LogP contribution in [0.5, 0.6) is 5.75 Å². The first-order valence-corrected chi connectivity index (χ1v) is 8.27. The van der Waals surface area contributed by atoms with E-state index in [1.54, 1.807) is 6.92 Å². The molecule has 0 saturated carbocycles. The molecule has 4 nitrogen and oxygen atoms in total.